The van der Waals surface area contributed by atoms with Crippen LogP contribution in [0.5, 0.6) is 0 Å². The minimum absolute atomic E-state index is 0.0649. The molecule has 0 aromatic heterocycles. The van der Waals surface area contributed by atoms with Crippen molar-refractivity contribution in [2.75, 3.05) is 4.72 Å². The summed E-state index contributed by atoms with van der Waals surface area (Å²) in [6.07, 6.45) is 0. The maximum absolute atomic E-state index is 12.4. The van der Waals surface area contributed by atoms with E-state index < -0.39 is 15.9 Å². The van der Waals surface area contributed by atoms with E-state index in [1.807, 2.05) is 0 Å². The summed E-state index contributed by atoms with van der Waals surface area (Å²) < 4.78 is 27.2. The van der Waals surface area contributed by atoms with E-state index in [-0.39, 0.29) is 21.2 Å². The van der Waals surface area contributed by atoms with Crippen LogP contribution in [-0.2, 0) is 10.0 Å². The highest BCUT2D eigenvalue weighted by atomic mass is 35.5. The zero-order valence-corrected chi connectivity index (χ0v) is 13.8. The van der Waals surface area contributed by atoms with E-state index in [9.17, 15) is 13.2 Å². The van der Waals surface area contributed by atoms with Crippen molar-refractivity contribution in [2.45, 2.75) is 11.8 Å². The molecule has 0 bridgehead atoms. The van der Waals surface area contributed by atoms with Gasteiger partial charge in [-0.15, -0.1) is 0 Å². The smallest absolute Gasteiger partial charge is 0.262 e. The van der Waals surface area contributed by atoms with Crippen LogP contribution in [0, 0.1) is 6.92 Å². The molecular weight excluding hydrogens is 347 g/mol. The van der Waals surface area contributed by atoms with E-state index >= 15 is 0 Å². The minimum atomic E-state index is -3.83. The first-order chi connectivity index (χ1) is 10.2. The lowest BCUT2D eigenvalue weighted by atomic mass is 10.2. The van der Waals surface area contributed by atoms with Gasteiger partial charge in [0.25, 0.3) is 10.0 Å². The van der Waals surface area contributed by atoms with Gasteiger partial charge in [-0.05, 0) is 42.8 Å². The van der Waals surface area contributed by atoms with Crippen LogP contribution in [0.1, 0.15) is 15.9 Å². The van der Waals surface area contributed by atoms with Crippen molar-refractivity contribution in [1.82, 2.24) is 0 Å². The van der Waals surface area contributed by atoms with Crippen LogP contribution in [0.25, 0.3) is 0 Å². The molecule has 2 rings (SSSR count). The fourth-order valence-electron chi connectivity index (χ4n) is 1.85. The lowest BCUT2D eigenvalue weighted by molar-refractivity contribution is 0.100. The molecule has 22 heavy (non-hydrogen) atoms. The van der Waals surface area contributed by atoms with Crippen LogP contribution < -0.4 is 10.5 Å². The van der Waals surface area contributed by atoms with E-state index in [1.54, 1.807) is 19.1 Å². The summed E-state index contributed by atoms with van der Waals surface area (Å²) in [5.41, 5.74) is 6.03. The van der Waals surface area contributed by atoms with Crippen LogP contribution in [0.3, 0.4) is 0 Å². The van der Waals surface area contributed by atoms with Crippen LogP contribution in [0.2, 0.25) is 10.0 Å². The van der Waals surface area contributed by atoms with Crippen molar-refractivity contribution >= 4 is 44.8 Å². The Kier molecular flexibility index (Phi) is 4.65. The predicted octanol–water partition coefficient (Wildman–Crippen LogP) is 3.20. The Balaban J connectivity index is 2.39. The van der Waals surface area contributed by atoms with Gasteiger partial charge in [-0.1, -0.05) is 29.3 Å². The molecule has 0 heterocycles. The van der Waals surface area contributed by atoms with Gasteiger partial charge in [0.1, 0.15) is 0 Å². The van der Waals surface area contributed by atoms with Gasteiger partial charge in [0.2, 0.25) is 5.91 Å². The number of sulfonamides is 1. The fraction of sp³-hybridized carbons (Fsp3) is 0.0714. The second-order valence-corrected chi connectivity index (χ2v) is 7.07. The lowest BCUT2D eigenvalue weighted by Crippen LogP contribution is -2.15. The predicted molar refractivity (Wildman–Crippen MR) is 87.0 cm³/mol. The van der Waals surface area contributed by atoms with E-state index in [4.69, 9.17) is 28.9 Å². The first-order valence-corrected chi connectivity index (χ1v) is 8.33. The molecule has 0 atom stereocenters. The molecule has 0 radical (unpaired) electrons. The molecule has 116 valence electrons. The van der Waals surface area contributed by atoms with Crippen LogP contribution in [-0.4, -0.2) is 14.3 Å². The number of nitrogens with one attached hydrogen (secondary N) is 1. The summed E-state index contributed by atoms with van der Waals surface area (Å²) in [4.78, 5) is 11.2. The molecule has 8 heteroatoms. The van der Waals surface area contributed by atoms with Crippen molar-refractivity contribution in [2.24, 2.45) is 5.73 Å². The third-order valence-corrected chi connectivity index (χ3v) is 5.00. The van der Waals surface area contributed by atoms with Crippen LogP contribution >= 0.6 is 23.2 Å². The number of hydrogen-bond acceptors (Lipinski definition) is 3. The third-order valence-electron chi connectivity index (χ3n) is 2.93. The van der Waals surface area contributed by atoms with Crippen molar-refractivity contribution in [3.8, 4) is 0 Å². The van der Waals surface area contributed by atoms with Crippen molar-refractivity contribution < 1.29 is 13.2 Å². The quantitative estimate of drug-likeness (QED) is 0.879. The Morgan fingerprint density at radius 1 is 1.14 bits per heavy atom. The number of halogens is 2. The molecule has 0 aliphatic carbocycles. The van der Waals surface area contributed by atoms with Crippen LogP contribution in [0.4, 0.5) is 5.69 Å². The van der Waals surface area contributed by atoms with Gasteiger partial charge in [0.15, 0.2) is 0 Å². The van der Waals surface area contributed by atoms with Gasteiger partial charge >= 0.3 is 0 Å². The molecule has 0 saturated carbocycles. The average molecular weight is 359 g/mol. The molecule has 3 N–H and O–H groups in total. The number of hydrogen-bond donors (Lipinski definition) is 2. The number of amides is 1. The molecule has 0 saturated heterocycles. The summed E-state index contributed by atoms with van der Waals surface area (Å²) in [6, 6.07) is 8.66. The summed E-state index contributed by atoms with van der Waals surface area (Å²) >= 11 is 11.7. The minimum Gasteiger partial charge on any atom is -0.366 e. The van der Waals surface area contributed by atoms with Crippen molar-refractivity contribution in [3.63, 3.8) is 0 Å². The zero-order valence-electron chi connectivity index (χ0n) is 11.4. The first-order valence-electron chi connectivity index (χ1n) is 6.09. The van der Waals surface area contributed by atoms with Gasteiger partial charge in [0, 0.05) is 5.02 Å². The number of anilines is 1. The Morgan fingerprint density at radius 2 is 1.82 bits per heavy atom. The van der Waals surface area contributed by atoms with Crippen molar-refractivity contribution in [3.05, 3.63) is 57.6 Å². The van der Waals surface area contributed by atoms with Crippen molar-refractivity contribution in [1.29, 1.82) is 0 Å². The largest absolute Gasteiger partial charge is 0.366 e. The number of nitrogens with two attached hydrogens (primary N) is 1. The first kappa shape index (κ1) is 16.6. The number of benzene rings is 2. The highest BCUT2D eigenvalue weighted by molar-refractivity contribution is 7.92. The molecule has 0 aliphatic heterocycles. The van der Waals surface area contributed by atoms with Gasteiger partial charge in [0.05, 0.1) is 21.2 Å². The number of primary amides is 1. The van der Waals surface area contributed by atoms with Gasteiger partial charge < -0.3 is 5.73 Å². The molecule has 0 spiro atoms. The SMILES string of the molecule is Cc1ccc(Cl)cc1S(=O)(=O)Nc1ccc(C(N)=O)c(Cl)c1. The molecule has 0 aliphatic rings. The van der Waals surface area contributed by atoms with E-state index in [0.29, 0.717) is 10.6 Å². The number of rotatable bonds is 4. The average Bonchev–Trinajstić information content (AvgIpc) is 2.40. The van der Waals surface area contributed by atoms with E-state index in [2.05, 4.69) is 4.72 Å². The number of carbonyl (C=O) groups is 1. The second kappa shape index (κ2) is 6.16. The Bertz CT molecular complexity index is 851. The second-order valence-electron chi connectivity index (χ2n) is 4.57. The molecule has 0 unspecified atom stereocenters. The fourth-order valence-corrected chi connectivity index (χ4v) is 3.68. The Labute approximate surface area is 138 Å². The summed E-state index contributed by atoms with van der Waals surface area (Å²) in [5.74, 6) is -0.690. The summed E-state index contributed by atoms with van der Waals surface area (Å²) in [6.45, 7) is 1.66. The molecule has 5 nitrogen and oxygen atoms in total. The van der Waals surface area contributed by atoms with Crippen LogP contribution in [0.15, 0.2) is 41.3 Å². The number of aryl methyl sites for hydroxylation is 1. The third kappa shape index (κ3) is 3.52. The topological polar surface area (TPSA) is 89.3 Å². The summed E-state index contributed by atoms with van der Waals surface area (Å²) in [7, 11) is -3.83. The lowest BCUT2D eigenvalue weighted by Gasteiger charge is -2.11. The Hall–Kier alpha value is -1.76. The molecule has 0 fully saturated rings. The maximum atomic E-state index is 12.4. The molecule has 2 aromatic carbocycles. The van der Waals surface area contributed by atoms with Gasteiger partial charge in [-0.3, -0.25) is 9.52 Å². The highest BCUT2D eigenvalue weighted by Gasteiger charge is 2.18. The zero-order chi connectivity index (χ0) is 16.5. The molecule has 1 amide bonds. The molecule has 2 aromatic rings. The molecular formula is C14H12Cl2N2O3S. The standard InChI is InChI=1S/C14H12Cl2N2O3S/c1-8-2-3-9(15)6-13(8)22(20,21)18-10-4-5-11(14(17)19)12(16)7-10/h2-7,18H,1H3,(H2,17,19). The normalized spacial score (nSPS) is 11.2. The summed E-state index contributed by atoms with van der Waals surface area (Å²) in [5, 5.41) is 0.378. The van der Waals surface area contributed by atoms with E-state index in [0.717, 1.165) is 0 Å². The van der Waals surface area contributed by atoms with Gasteiger partial charge in [-0.2, -0.15) is 0 Å². The van der Waals surface area contributed by atoms with Gasteiger partial charge in [-0.25, -0.2) is 8.42 Å². The maximum Gasteiger partial charge on any atom is 0.262 e. The number of carbonyl (C=O) groups excluding carboxylic acids is 1. The monoisotopic (exact) mass is 358 g/mol. The highest BCUT2D eigenvalue weighted by Crippen LogP contribution is 2.25. The van der Waals surface area contributed by atoms with E-state index in [1.165, 1.54) is 24.3 Å². The Morgan fingerprint density at radius 3 is 2.41 bits per heavy atom.